The van der Waals surface area contributed by atoms with Gasteiger partial charge in [0.25, 0.3) is 0 Å². The molecule has 0 radical (unpaired) electrons. The molecule has 2 atom stereocenters. The molecule has 0 aliphatic carbocycles. The molecule has 0 spiro atoms. The van der Waals surface area contributed by atoms with E-state index >= 15 is 0 Å². The van der Waals surface area contributed by atoms with Crippen LogP contribution in [-0.2, 0) is 33.6 Å². The number of hydrogen-bond acceptors (Lipinski definition) is 12. The lowest BCUT2D eigenvalue weighted by molar-refractivity contribution is 0.0518. The number of hydrogen-bond donors (Lipinski definition) is 3. The van der Waals surface area contributed by atoms with Gasteiger partial charge in [-0.1, -0.05) is 35.5 Å². The predicted octanol–water partition coefficient (Wildman–Crippen LogP) is 1.73. The highest BCUT2D eigenvalue weighted by molar-refractivity contribution is 6.11. The molecule has 1 aromatic carbocycles. The maximum atomic E-state index is 13.1. The maximum Gasteiger partial charge on any atom is 0.360 e. The molecule has 2 aromatic heterocycles. The average Bonchev–Trinajstić information content (AvgIpc) is 3.64. The van der Waals surface area contributed by atoms with Crippen LogP contribution in [0.25, 0.3) is 0 Å². The number of carbonyl (C=O) groups is 5. The molecule has 236 valence electrons. The number of aryl methyl sites for hydroxylation is 1. The largest absolute Gasteiger partial charge is 0.465 e. The van der Waals surface area contributed by atoms with Gasteiger partial charge in [-0.3, -0.25) is 4.79 Å². The van der Waals surface area contributed by atoms with Crippen molar-refractivity contribution in [3.05, 3.63) is 70.4 Å². The van der Waals surface area contributed by atoms with E-state index in [9.17, 15) is 29.1 Å². The van der Waals surface area contributed by atoms with Crippen molar-refractivity contribution < 1.29 is 47.7 Å². The van der Waals surface area contributed by atoms with Crippen molar-refractivity contribution in [2.75, 3.05) is 27.4 Å². The quantitative estimate of drug-likeness (QED) is 0.127. The fourth-order valence-electron chi connectivity index (χ4n) is 4.42. The lowest BCUT2D eigenvalue weighted by Crippen LogP contribution is -2.49. The Hall–Kier alpha value is -5.05. The van der Waals surface area contributed by atoms with Gasteiger partial charge in [-0.05, 0) is 25.3 Å². The van der Waals surface area contributed by atoms with E-state index in [1.165, 1.54) is 17.8 Å². The van der Waals surface area contributed by atoms with E-state index < -0.39 is 48.4 Å². The molecule has 0 unspecified atom stereocenters. The highest BCUT2D eigenvalue weighted by Gasteiger charge is 2.33. The number of esters is 3. The molecule has 3 rings (SSSR count). The van der Waals surface area contributed by atoms with Crippen LogP contribution in [0.4, 0.5) is 4.79 Å². The summed E-state index contributed by atoms with van der Waals surface area (Å²) in [5.41, 5.74) is 0.348. The van der Waals surface area contributed by atoms with Gasteiger partial charge in [0, 0.05) is 13.3 Å². The fraction of sp³-hybridized carbons (Fsp3) is 0.414. The number of amides is 2. The van der Waals surface area contributed by atoms with Crippen LogP contribution in [0.5, 0.6) is 0 Å². The number of aromatic nitrogens is 3. The Balaban J connectivity index is 1.74. The third-order valence-electron chi connectivity index (χ3n) is 6.45. The van der Waals surface area contributed by atoms with Crippen LogP contribution in [0.2, 0.25) is 0 Å². The Labute approximate surface area is 252 Å². The van der Waals surface area contributed by atoms with Gasteiger partial charge in [0.1, 0.15) is 16.9 Å². The van der Waals surface area contributed by atoms with Gasteiger partial charge in [-0.2, -0.15) is 0 Å². The zero-order valence-corrected chi connectivity index (χ0v) is 24.8. The van der Waals surface area contributed by atoms with E-state index in [4.69, 9.17) is 18.6 Å². The molecule has 0 bridgehead atoms. The summed E-state index contributed by atoms with van der Waals surface area (Å²) in [5.74, 6) is -3.48. The van der Waals surface area contributed by atoms with Crippen LogP contribution in [0.15, 0.2) is 40.9 Å². The number of methoxy groups -OCH3 is 2. The standard InChI is InChI=1S/C29H35N5O10/c1-5-43-26(37)21-15-34(33-32-21)14-20(13-18-9-7-6-8-10-18)31-29(40)30-19(16-35)11-12-22-23(27(38)41-3)24(28(39)42-4)25(44-22)17(2)36/h6-10,15,19-20,35H,5,11-14,16H2,1-4H3,(H2,30,31,40)/t19-,20-/m0/s1. The van der Waals surface area contributed by atoms with E-state index in [0.29, 0.717) is 6.42 Å². The summed E-state index contributed by atoms with van der Waals surface area (Å²) in [6, 6.07) is 7.46. The SMILES string of the molecule is CCOC(=O)c1cn(C[C@H](Cc2ccccc2)NC(=O)N[C@H](CO)CCc2oc(C(C)=O)c(C(=O)OC)c2C(=O)OC)nn1. The second-order valence-corrected chi connectivity index (χ2v) is 9.61. The molecule has 2 heterocycles. The van der Waals surface area contributed by atoms with Crippen molar-refractivity contribution in [2.45, 2.75) is 51.7 Å². The molecule has 3 N–H and O–H groups in total. The van der Waals surface area contributed by atoms with E-state index in [1.807, 2.05) is 30.3 Å². The van der Waals surface area contributed by atoms with Gasteiger partial charge in [0.05, 0.1) is 52.3 Å². The number of carbonyl (C=O) groups excluding carboxylic acids is 5. The number of rotatable bonds is 15. The molecule has 44 heavy (non-hydrogen) atoms. The number of furan rings is 1. The Bertz CT molecular complexity index is 1470. The number of nitrogens with one attached hydrogen (secondary N) is 2. The lowest BCUT2D eigenvalue weighted by atomic mass is 10.0. The Morgan fingerprint density at radius 3 is 2.25 bits per heavy atom. The number of aliphatic hydroxyl groups is 1. The van der Waals surface area contributed by atoms with Crippen molar-refractivity contribution in [1.82, 2.24) is 25.6 Å². The summed E-state index contributed by atoms with van der Waals surface area (Å²) in [6.45, 7) is 2.72. The van der Waals surface area contributed by atoms with E-state index in [-0.39, 0.29) is 54.3 Å². The molecule has 15 nitrogen and oxygen atoms in total. The minimum atomic E-state index is -0.951. The third-order valence-corrected chi connectivity index (χ3v) is 6.45. The summed E-state index contributed by atoms with van der Waals surface area (Å²) in [4.78, 5) is 62.1. The first-order valence-electron chi connectivity index (χ1n) is 13.7. The van der Waals surface area contributed by atoms with Gasteiger partial charge in [0.2, 0.25) is 0 Å². The first-order chi connectivity index (χ1) is 21.1. The molecule has 0 aliphatic heterocycles. The molecule has 0 saturated heterocycles. The van der Waals surface area contributed by atoms with Gasteiger partial charge >= 0.3 is 23.9 Å². The third kappa shape index (κ3) is 8.73. The summed E-state index contributed by atoms with van der Waals surface area (Å²) in [6.07, 6.45) is 1.85. The van der Waals surface area contributed by atoms with Crippen molar-refractivity contribution >= 4 is 29.7 Å². The monoisotopic (exact) mass is 613 g/mol. The van der Waals surface area contributed by atoms with Crippen LogP contribution in [-0.4, -0.2) is 89.3 Å². The zero-order chi connectivity index (χ0) is 32.2. The smallest absolute Gasteiger partial charge is 0.360 e. The number of aliphatic hydroxyl groups excluding tert-OH is 1. The Morgan fingerprint density at radius 2 is 1.64 bits per heavy atom. The number of ether oxygens (including phenoxy) is 3. The fourth-order valence-corrected chi connectivity index (χ4v) is 4.42. The highest BCUT2D eigenvalue weighted by Crippen LogP contribution is 2.27. The Kier molecular flexibility index (Phi) is 12.1. The molecule has 0 aliphatic rings. The van der Waals surface area contributed by atoms with E-state index in [1.54, 1.807) is 6.92 Å². The van der Waals surface area contributed by atoms with Crippen molar-refractivity contribution in [3.63, 3.8) is 0 Å². The molecular weight excluding hydrogens is 578 g/mol. The number of ketones is 1. The predicted molar refractivity (Wildman–Crippen MR) is 152 cm³/mol. The van der Waals surface area contributed by atoms with Crippen molar-refractivity contribution in [1.29, 1.82) is 0 Å². The molecule has 2 amide bonds. The first kappa shape index (κ1) is 33.5. The summed E-state index contributed by atoms with van der Waals surface area (Å²) < 4.78 is 21.5. The summed E-state index contributed by atoms with van der Waals surface area (Å²) >= 11 is 0. The minimum absolute atomic E-state index is 0.0302. The first-order valence-corrected chi connectivity index (χ1v) is 13.7. The second-order valence-electron chi connectivity index (χ2n) is 9.61. The van der Waals surface area contributed by atoms with Crippen LogP contribution in [0.1, 0.15) is 73.4 Å². The minimum Gasteiger partial charge on any atom is -0.465 e. The second kappa shape index (κ2) is 16.0. The van der Waals surface area contributed by atoms with Crippen LogP contribution in [0, 0.1) is 0 Å². The topological polar surface area (TPSA) is 201 Å². The Morgan fingerprint density at radius 1 is 0.977 bits per heavy atom. The number of Topliss-reactive ketones (excluding diaryl/α,β-unsaturated/α-hetero) is 1. The normalized spacial score (nSPS) is 12.1. The zero-order valence-electron chi connectivity index (χ0n) is 24.8. The van der Waals surface area contributed by atoms with Crippen molar-refractivity contribution in [2.24, 2.45) is 0 Å². The average molecular weight is 614 g/mol. The van der Waals surface area contributed by atoms with Crippen LogP contribution >= 0.6 is 0 Å². The van der Waals surface area contributed by atoms with E-state index in [2.05, 4.69) is 20.9 Å². The number of benzene rings is 1. The van der Waals surface area contributed by atoms with E-state index in [0.717, 1.165) is 19.8 Å². The van der Waals surface area contributed by atoms with Gasteiger partial charge < -0.3 is 34.4 Å². The van der Waals surface area contributed by atoms with Gasteiger partial charge in [-0.25, -0.2) is 23.9 Å². The molecule has 0 fully saturated rings. The highest BCUT2D eigenvalue weighted by atomic mass is 16.5. The van der Waals surface area contributed by atoms with Gasteiger partial charge in [0.15, 0.2) is 17.2 Å². The molecule has 15 heteroatoms. The molecule has 3 aromatic rings. The molecular formula is C29H35N5O10. The number of nitrogens with zero attached hydrogens (tertiary/aromatic N) is 3. The van der Waals surface area contributed by atoms with Gasteiger partial charge in [-0.15, -0.1) is 5.10 Å². The summed E-state index contributed by atoms with van der Waals surface area (Å²) in [7, 11) is 2.20. The van der Waals surface area contributed by atoms with Crippen LogP contribution in [0.3, 0.4) is 0 Å². The summed E-state index contributed by atoms with van der Waals surface area (Å²) in [5, 5.41) is 23.3. The lowest BCUT2D eigenvalue weighted by Gasteiger charge is -2.22. The van der Waals surface area contributed by atoms with Crippen molar-refractivity contribution in [3.8, 4) is 0 Å². The maximum absolute atomic E-state index is 13.1. The van der Waals surface area contributed by atoms with Crippen LogP contribution < -0.4 is 10.6 Å². The number of urea groups is 1. The molecule has 0 saturated carbocycles.